The predicted octanol–water partition coefficient (Wildman–Crippen LogP) is 3.57. The highest BCUT2D eigenvalue weighted by molar-refractivity contribution is 5.95. The summed E-state index contributed by atoms with van der Waals surface area (Å²) in [6.45, 7) is 5.34. The van der Waals surface area contributed by atoms with E-state index in [4.69, 9.17) is 0 Å². The van der Waals surface area contributed by atoms with Crippen molar-refractivity contribution in [3.63, 3.8) is 0 Å². The first-order chi connectivity index (χ1) is 17.5. The highest BCUT2D eigenvalue weighted by Crippen LogP contribution is 2.31. The van der Waals surface area contributed by atoms with Crippen LogP contribution in [-0.4, -0.2) is 53.5 Å². The second-order valence-electron chi connectivity index (χ2n) is 9.35. The number of fused-ring (bicyclic) bond motifs is 1. The molecule has 2 aliphatic rings. The van der Waals surface area contributed by atoms with Crippen LogP contribution in [0.1, 0.15) is 56.2 Å². The minimum absolute atomic E-state index is 0.0380. The van der Waals surface area contributed by atoms with E-state index in [1.54, 1.807) is 11.0 Å². The first-order valence-electron chi connectivity index (χ1n) is 12.7. The van der Waals surface area contributed by atoms with E-state index >= 15 is 0 Å². The molecule has 0 saturated carbocycles. The third kappa shape index (κ3) is 5.56. The van der Waals surface area contributed by atoms with E-state index in [0.29, 0.717) is 12.8 Å². The first-order valence-corrected chi connectivity index (χ1v) is 12.7. The molecule has 2 aromatic rings. The first kappa shape index (κ1) is 25.4. The zero-order chi connectivity index (χ0) is 25.5. The fourth-order valence-corrected chi connectivity index (χ4v) is 5.17. The van der Waals surface area contributed by atoms with Crippen molar-refractivity contribution < 1.29 is 14.4 Å². The lowest BCUT2D eigenvalue weighted by atomic mass is 9.98. The summed E-state index contributed by atoms with van der Waals surface area (Å²) in [4.78, 5) is 45.6. The van der Waals surface area contributed by atoms with Crippen LogP contribution < -0.4 is 10.6 Å². The van der Waals surface area contributed by atoms with Gasteiger partial charge in [-0.05, 0) is 49.9 Å². The lowest BCUT2D eigenvalue weighted by Gasteiger charge is -2.34. The van der Waals surface area contributed by atoms with Crippen molar-refractivity contribution in [1.29, 1.82) is 0 Å². The molecule has 0 bridgehead atoms. The number of benzene rings is 2. The molecule has 0 spiro atoms. The Labute approximate surface area is 212 Å². The second-order valence-corrected chi connectivity index (χ2v) is 9.35. The Hall–Kier alpha value is -3.74. The predicted molar refractivity (Wildman–Crippen MR) is 140 cm³/mol. The summed E-state index contributed by atoms with van der Waals surface area (Å²) >= 11 is 0. The van der Waals surface area contributed by atoms with Crippen molar-refractivity contribution in [2.45, 2.75) is 69.2 Å². The van der Waals surface area contributed by atoms with Gasteiger partial charge in [0, 0.05) is 6.04 Å². The summed E-state index contributed by atoms with van der Waals surface area (Å²) in [5.41, 5.74) is 1.95. The number of rotatable bonds is 8. The van der Waals surface area contributed by atoms with Gasteiger partial charge in [-0.3, -0.25) is 19.4 Å². The van der Waals surface area contributed by atoms with Crippen molar-refractivity contribution in [2.24, 2.45) is 4.99 Å². The zero-order valence-electron chi connectivity index (χ0n) is 20.7. The Bertz CT molecular complexity index is 1060. The van der Waals surface area contributed by atoms with Crippen LogP contribution in [0.25, 0.3) is 0 Å². The molecule has 0 aromatic heterocycles. The van der Waals surface area contributed by atoms with Crippen LogP contribution in [-0.2, 0) is 14.4 Å². The maximum Gasteiger partial charge on any atom is 0.250 e. The van der Waals surface area contributed by atoms with Gasteiger partial charge in [0.2, 0.25) is 17.7 Å². The molecule has 7 nitrogen and oxygen atoms in total. The van der Waals surface area contributed by atoms with E-state index in [-0.39, 0.29) is 29.8 Å². The fourth-order valence-electron chi connectivity index (χ4n) is 5.17. The van der Waals surface area contributed by atoms with Crippen molar-refractivity contribution in [3.8, 4) is 0 Å². The van der Waals surface area contributed by atoms with Gasteiger partial charge in [0.1, 0.15) is 18.1 Å². The average Bonchev–Trinajstić information content (AvgIpc) is 3.33. The smallest absolute Gasteiger partial charge is 0.250 e. The molecule has 36 heavy (non-hydrogen) atoms. The third-order valence-electron chi connectivity index (χ3n) is 7.08. The molecule has 1 fully saturated rings. The molecule has 2 heterocycles. The quantitative estimate of drug-likeness (QED) is 0.442. The lowest BCUT2D eigenvalue weighted by molar-refractivity contribution is -0.142. The molecule has 7 heteroatoms. The number of carbonyl (C=O) groups excluding carboxylic acids is 3. The zero-order valence-corrected chi connectivity index (χ0v) is 20.7. The summed E-state index contributed by atoms with van der Waals surface area (Å²) in [7, 11) is 0. The molecule has 4 unspecified atom stereocenters. The van der Waals surface area contributed by atoms with E-state index < -0.39 is 18.1 Å². The van der Waals surface area contributed by atoms with Crippen molar-refractivity contribution in [1.82, 2.24) is 15.5 Å². The Balaban J connectivity index is 1.56. The number of nitrogens with zero attached hydrogens (tertiary/aromatic N) is 2. The van der Waals surface area contributed by atoms with Crippen molar-refractivity contribution in [3.05, 3.63) is 83.9 Å². The number of amides is 3. The van der Waals surface area contributed by atoms with E-state index in [0.717, 1.165) is 30.4 Å². The number of carbonyl (C=O) groups is 3. The summed E-state index contributed by atoms with van der Waals surface area (Å²) < 4.78 is 0. The minimum Gasteiger partial charge on any atom is -0.343 e. The number of allylic oxidation sites excluding steroid dienone is 1. The van der Waals surface area contributed by atoms with Crippen LogP contribution >= 0.6 is 0 Å². The number of aliphatic imine (C=N–C) groups is 1. The molecule has 188 valence electrons. The van der Waals surface area contributed by atoms with Crippen molar-refractivity contribution >= 4 is 24.4 Å². The molecular weight excluding hydrogens is 452 g/mol. The van der Waals surface area contributed by atoms with Gasteiger partial charge in [-0.2, -0.15) is 0 Å². The molecule has 2 aromatic carbocycles. The van der Waals surface area contributed by atoms with Gasteiger partial charge >= 0.3 is 0 Å². The van der Waals surface area contributed by atoms with Crippen LogP contribution in [0.5, 0.6) is 0 Å². The van der Waals surface area contributed by atoms with E-state index in [1.807, 2.05) is 73.7 Å². The lowest BCUT2D eigenvalue weighted by Crippen LogP contribution is -2.56. The van der Waals surface area contributed by atoms with Gasteiger partial charge in [-0.1, -0.05) is 79.7 Å². The van der Waals surface area contributed by atoms with E-state index in [2.05, 4.69) is 22.3 Å². The summed E-state index contributed by atoms with van der Waals surface area (Å²) in [6, 6.07) is 17.3. The van der Waals surface area contributed by atoms with Gasteiger partial charge in [0.05, 0.1) is 6.04 Å². The molecule has 4 atom stereocenters. The molecule has 3 amide bonds. The minimum atomic E-state index is -0.830. The summed E-state index contributed by atoms with van der Waals surface area (Å²) in [5, 5.41) is 6.03. The molecule has 0 aliphatic carbocycles. The van der Waals surface area contributed by atoms with Crippen LogP contribution in [0.2, 0.25) is 0 Å². The highest BCUT2D eigenvalue weighted by Gasteiger charge is 2.43. The molecular formula is C29H34N4O3. The Kier molecular flexibility index (Phi) is 8.31. The Morgan fingerprint density at radius 2 is 1.67 bits per heavy atom. The monoisotopic (exact) mass is 486 g/mol. The van der Waals surface area contributed by atoms with Crippen LogP contribution in [0, 0.1) is 0 Å². The fraction of sp³-hybridized carbons (Fsp3) is 0.379. The van der Waals surface area contributed by atoms with E-state index in [1.165, 1.54) is 0 Å². The number of hydrogen-bond acceptors (Lipinski definition) is 4. The van der Waals surface area contributed by atoms with Crippen molar-refractivity contribution in [2.75, 3.05) is 0 Å². The van der Waals surface area contributed by atoms with Crippen LogP contribution in [0.3, 0.4) is 0 Å². The average molecular weight is 487 g/mol. The van der Waals surface area contributed by atoms with Gasteiger partial charge in [-0.25, -0.2) is 0 Å². The number of hydrogen-bond donors (Lipinski definition) is 2. The largest absolute Gasteiger partial charge is 0.343 e. The molecule has 2 N–H and O–H groups in total. The van der Waals surface area contributed by atoms with Gasteiger partial charge < -0.3 is 15.5 Å². The maximum atomic E-state index is 13.7. The standard InChI is InChI=1S/C29H34N4O3/c1-3-23(30-2)27(34)31-24-17-11-10-16-22-18-19-25(33(22)29(24)36)28(35)32-26(20-12-6-4-7-13-20)21-14-8-5-9-15-21/h4-9,11-15,17,22-26H,2-3,10,16,18-19H2,1H3,(H,31,34)(H,32,35). The maximum absolute atomic E-state index is 13.7. The summed E-state index contributed by atoms with van der Waals surface area (Å²) in [6.07, 6.45) is 7.09. The highest BCUT2D eigenvalue weighted by atomic mass is 16.2. The third-order valence-corrected chi connectivity index (χ3v) is 7.08. The van der Waals surface area contributed by atoms with Crippen LogP contribution in [0.4, 0.5) is 0 Å². The van der Waals surface area contributed by atoms with Gasteiger partial charge in [0.25, 0.3) is 0 Å². The topological polar surface area (TPSA) is 90.9 Å². The summed E-state index contributed by atoms with van der Waals surface area (Å²) in [5.74, 6) is -0.768. The molecule has 0 radical (unpaired) electrons. The molecule has 2 aliphatic heterocycles. The Morgan fingerprint density at radius 1 is 1.03 bits per heavy atom. The van der Waals surface area contributed by atoms with Gasteiger partial charge in [-0.15, -0.1) is 0 Å². The normalized spacial score (nSPS) is 22.3. The molecule has 1 saturated heterocycles. The van der Waals surface area contributed by atoms with Gasteiger partial charge in [0.15, 0.2) is 0 Å². The molecule has 4 rings (SSSR count). The number of nitrogens with one attached hydrogen (secondary N) is 2. The Morgan fingerprint density at radius 3 is 2.25 bits per heavy atom. The SMILES string of the molecule is C=NC(CC)C(=O)NC1C=CCCC2CCC(C(=O)NC(c3ccccc3)c3ccccc3)N2C1=O. The van der Waals surface area contributed by atoms with E-state index in [9.17, 15) is 14.4 Å². The van der Waals surface area contributed by atoms with Crippen LogP contribution in [0.15, 0.2) is 77.8 Å². The second kappa shape index (κ2) is 11.8.